The number of carbonyl (C=O) groups is 2. The molecule has 1 amide bonds. The molecule has 4 aromatic rings. The van der Waals surface area contributed by atoms with E-state index in [1.165, 1.54) is 36.9 Å². The molecule has 0 saturated carbocycles. The summed E-state index contributed by atoms with van der Waals surface area (Å²) in [5, 5.41) is 16.6. The molecule has 0 spiro atoms. The highest BCUT2D eigenvalue weighted by atomic mass is 32.2. The monoisotopic (exact) mass is 636 g/mol. The molecule has 45 heavy (non-hydrogen) atoms. The van der Waals surface area contributed by atoms with Crippen LogP contribution in [0.1, 0.15) is 52.7 Å². The van der Waals surface area contributed by atoms with Crippen LogP contribution in [0.4, 0.5) is 5.69 Å². The molecular weight excluding hydrogens is 604 g/mol. The maximum atomic E-state index is 13.8. The van der Waals surface area contributed by atoms with Crippen molar-refractivity contribution in [2.45, 2.75) is 44.7 Å². The Morgan fingerprint density at radius 2 is 1.76 bits per heavy atom. The zero-order valence-corrected chi connectivity index (χ0v) is 26.0. The van der Waals surface area contributed by atoms with E-state index in [4.69, 9.17) is 18.9 Å². The molecular formula is C31H32N4O9S. The number of carboxylic acid groups (broad SMARTS) is 1. The minimum Gasteiger partial charge on any atom is -0.496 e. The zero-order chi connectivity index (χ0) is 32.5. The van der Waals surface area contributed by atoms with Crippen molar-refractivity contribution in [2.24, 2.45) is 0 Å². The van der Waals surface area contributed by atoms with Crippen LogP contribution in [0, 0.1) is 6.92 Å². The lowest BCUT2D eigenvalue weighted by Crippen LogP contribution is -2.25. The van der Waals surface area contributed by atoms with Crippen LogP contribution in [0.25, 0.3) is 0 Å². The number of amides is 1. The number of carboxylic acids is 1. The van der Waals surface area contributed by atoms with E-state index in [2.05, 4.69) is 15.1 Å². The second-order valence-corrected chi connectivity index (χ2v) is 12.8. The van der Waals surface area contributed by atoms with Crippen LogP contribution in [-0.4, -0.2) is 49.1 Å². The number of fused-ring (bicyclic) bond motifs is 1. The lowest BCUT2D eigenvalue weighted by atomic mass is 10.1. The number of sulfonamides is 1. The number of nitrogens with zero attached hydrogens (tertiary/aromatic N) is 2. The van der Waals surface area contributed by atoms with Gasteiger partial charge in [0.2, 0.25) is 22.7 Å². The summed E-state index contributed by atoms with van der Waals surface area (Å²) in [7, 11) is -2.86. The molecule has 0 fully saturated rings. The number of hydrogen-bond acceptors (Lipinski definition) is 9. The van der Waals surface area contributed by atoms with Gasteiger partial charge >= 0.3 is 5.97 Å². The van der Waals surface area contributed by atoms with Crippen molar-refractivity contribution in [2.75, 3.05) is 19.2 Å². The van der Waals surface area contributed by atoms with Crippen LogP contribution >= 0.6 is 0 Å². The number of ether oxygens (including phenoxy) is 4. The van der Waals surface area contributed by atoms with Crippen molar-refractivity contribution in [1.29, 1.82) is 0 Å². The first-order valence-electron chi connectivity index (χ1n) is 13.8. The fraction of sp³-hybridized carbons (Fsp3) is 0.258. The number of methoxy groups -OCH3 is 1. The van der Waals surface area contributed by atoms with E-state index in [1.807, 2.05) is 0 Å². The third kappa shape index (κ3) is 6.56. The van der Waals surface area contributed by atoms with Crippen LogP contribution in [0.5, 0.6) is 28.9 Å². The largest absolute Gasteiger partial charge is 0.496 e. The molecule has 0 radical (unpaired) electrons. The van der Waals surface area contributed by atoms with Gasteiger partial charge in [0.25, 0.3) is 5.91 Å². The summed E-state index contributed by atoms with van der Waals surface area (Å²) in [6.07, 6.45) is 0. The van der Waals surface area contributed by atoms with E-state index < -0.39 is 27.4 Å². The predicted molar refractivity (Wildman–Crippen MR) is 163 cm³/mol. The second-order valence-electron chi connectivity index (χ2n) is 11.1. The van der Waals surface area contributed by atoms with Crippen LogP contribution in [0.3, 0.4) is 0 Å². The lowest BCUT2D eigenvalue weighted by Gasteiger charge is -2.23. The molecule has 236 valence electrons. The normalized spacial score (nSPS) is 12.6. The molecule has 1 aromatic heterocycles. The third-order valence-corrected chi connectivity index (χ3v) is 8.28. The van der Waals surface area contributed by atoms with Crippen molar-refractivity contribution < 1.29 is 42.1 Å². The molecule has 0 aliphatic carbocycles. The van der Waals surface area contributed by atoms with Gasteiger partial charge in [-0.15, -0.1) is 0 Å². The summed E-state index contributed by atoms with van der Waals surface area (Å²) in [6, 6.07) is 15.8. The van der Waals surface area contributed by atoms with Crippen molar-refractivity contribution >= 4 is 27.6 Å². The summed E-state index contributed by atoms with van der Waals surface area (Å²) in [5.41, 5.74) is 0.283. The van der Waals surface area contributed by atoms with Gasteiger partial charge < -0.3 is 29.4 Å². The molecule has 3 N–H and O–H groups in total. The van der Waals surface area contributed by atoms with Gasteiger partial charge in [0.15, 0.2) is 17.2 Å². The Morgan fingerprint density at radius 3 is 2.47 bits per heavy atom. The van der Waals surface area contributed by atoms with Crippen molar-refractivity contribution in [3.63, 3.8) is 0 Å². The summed E-state index contributed by atoms with van der Waals surface area (Å²) in [6.45, 7) is 6.92. The van der Waals surface area contributed by atoms with Gasteiger partial charge in [0.05, 0.1) is 18.2 Å². The highest BCUT2D eigenvalue weighted by molar-refractivity contribution is 7.89. The van der Waals surface area contributed by atoms with Crippen LogP contribution in [0.15, 0.2) is 65.6 Å². The van der Waals surface area contributed by atoms with Crippen LogP contribution in [-0.2, 0) is 22.1 Å². The summed E-state index contributed by atoms with van der Waals surface area (Å²) in [4.78, 5) is 24.7. The maximum Gasteiger partial charge on any atom is 0.356 e. The quantitative estimate of drug-likeness (QED) is 0.218. The summed E-state index contributed by atoms with van der Waals surface area (Å²) >= 11 is 0. The average Bonchev–Trinajstić information content (AvgIpc) is 3.60. The standard InChI is InChI=1S/C31H32N4O9S/c1-18-27(30(37)38)34-35(31(2,3)4)29(18)44-24-13-11-20(33-28(36)21-8-6-7-9-22(21)41-5)15-26(24)45(39,40)32-16-19-10-12-23-25(14-19)43-17-42-23/h6-15,32H,16-17H2,1-5H3,(H,33,36)(H,37,38). The van der Waals surface area contributed by atoms with E-state index >= 15 is 0 Å². The highest BCUT2D eigenvalue weighted by Crippen LogP contribution is 2.37. The summed E-state index contributed by atoms with van der Waals surface area (Å²) in [5.74, 6) is -0.446. The van der Waals surface area contributed by atoms with E-state index in [1.54, 1.807) is 63.2 Å². The molecule has 1 aliphatic rings. The Morgan fingerprint density at radius 1 is 1.02 bits per heavy atom. The molecule has 0 atom stereocenters. The van der Waals surface area contributed by atoms with E-state index in [9.17, 15) is 23.1 Å². The molecule has 0 bridgehead atoms. The number of para-hydroxylation sites is 1. The van der Waals surface area contributed by atoms with E-state index in [0.717, 1.165) is 0 Å². The number of benzene rings is 3. The minimum atomic E-state index is -4.30. The lowest BCUT2D eigenvalue weighted by molar-refractivity contribution is 0.0687. The topological polar surface area (TPSA) is 167 Å². The van der Waals surface area contributed by atoms with Crippen molar-refractivity contribution in [3.05, 3.63) is 83.0 Å². The fourth-order valence-electron chi connectivity index (χ4n) is 4.58. The number of aromatic nitrogens is 2. The SMILES string of the molecule is COc1ccccc1C(=O)Nc1ccc(Oc2c(C)c(C(=O)O)nn2C(C)(C)C)c(S(=O)(=O)NCc2ccc3c(c2)OCO3)c1. The molecule has 0 saturated heterocycles. The van der Waals surface area contributed by atoms with Crippen LogP contribution in [0.2, 0.25) is 0 Å². The Hall–Kier alpha value is -5.08. The fourth-order valence-corrected chi connectivity index (χ4v) is 5.75. The summed E-state index contributed by atoms with van der Waals surface area (Å²) < 4.78 is 53.8. The van der Waals surface area contributed by atoms with Crippen molar-refractivity contribution in [3.8, 4) is 28.9 Å². The van der Waals surface area contributed by atoms with Gasteiger partial charge in [-0.3, -0.25) is 4.79 Å². The number of hydrogen-bond donors (Lipinski definition) is 3. The highest BCUT2D eigenvalue weighted by Gasteiger charge is 2.30. The van der Waals surface area contributed by atoms with Gasteiger partial charge in [0, 0.05) is 17.8 Å². The third-order valence-electron chi connectivity index (χ3n) is 6.86. The predicted octanol–water partition coefficient (Wildman–Crippen LogP) is 4.91. The van der Waals surface area contributed by atoms with Gasteiger partial charge in [-0.25, -0.2) is 22.6 Å². The minimum absolute atomic E-state index is 0.0536. The number of anilines is 1. The Labute approximate surface area is 259 Å². The first kappa shape index (κ1) is 31.3. The molecule has 5 rings (SSSR count). The molecule has 13 nitrogen and oxygen atoms in total. The first-order valence-corrected chi connectivity index (χ1v) is 15.2. The van der Waals surface area contributed by atoms with Crippen LogP contribution < -0.4 is 29.0 Å². The van der Waals surface area contributed by atoms with E-state index in [-0.39, 0.29) is 52.4 Å². The number of nitrogens with one attached hydrogen (secondary N) is 2. The number of rotatable bonds is 10. The molecule has 3 aromatic carbocycles. The van der Waals surface area contributed by atoms with Gasteiger partial charge in [-0.05, 0) is 75.7 Å². The molecule has 2 heterocycles. The number of aromatic carboxylic acids is 1. The van der Waals surface area contributed by atoms with Gasteiger partial charge in [-0.1, -0.05) is 18.2 Å². The van der Waals surface area contributed by atoms with E-state index in [0.29, 0.717) is 22.8 Å². The number of carbonyl (C=O) groups excluding carboxylic acids is 1. The Bertz CT molecular complexity index is 1900. The van der Waals surface area contributed by atoms with Gasteiger partial charge in [-0.2, -0.15) is 5.10 Å². The average molecular weight is 637 g/mol. The second kappa shape index (κ2) is 12.1. The molecule has 0 unspecified atom stereocenters. The zero-order valence-electron chi connectivity index (χ0n) is 25.2. The molecule has 1 aliphatic heterocycles. The Kier molecular flexibility index (Phi) is 8.45. The Balaban J connectivity index is 1.53. The van der Waals surface area contributed by atoms with Crippen molar-refractivity contribution in [1.82, 2.24) is 14.5 Å². The maximum absolute atomic E-state index is 13.8. The molecule has 14 heteroatoms. The van der Waals surface area contributed by atoms with Gasteiger partial charge in [0.1, 0.15) is 16.4 Å². The smallest absolute Gasteiger partial charge is 0.356 e. The first-order chi connectivity index (χ1) is 21.3.